The van der Waals surface area contributed by atoms with Crippen LogP contribution in [0.1, 0.15) is 12.5 Å². The van der Waals surface area contributed by atoms with Crippen LogP contribution in [0.2, 0.25) is 5.02 Å². The van der Waals surface area contributed by atoms with Gasteiger partial charge in [-0.15, -0.1) is 0 Å². The first-order valence-corrected chi connectivity index (χ1v) is 6.33. The molecule has 1 aromatic rings. The number of rotatable bonds is 3. The normalized spacial score (nSPS) is 20.9. The van der Waals surface area contributed by atoms with Gasteiger partial charge in [0.1, 0.15) is 0 Å². The molecule has 0 spiro atoms. The minimum atomic E-state index is -0.349. The van der Waals surface area contributed by atoms with Crippen molar-refractivity contribution in [2.24, 2.45) is 0 Å². The Bertz CT molecular complexity index is 453. The smallest absolute Gasteiger partial charge is 0.273 e. The van der Waals surface area contributed by atoms with E-state index in [-0.39, 0.29) is 10.6 Å². The van der Waals surface area contributed by atoms with Gasteiger partial charge in [0, 0.05) is 48.9 Å². The summed E-state index contributed by atoms with van der Waals surface area (Å²) < 4.78 is 0. The summed E-state index contributed by atoms with van der Waals surface area (Å²) in [6, 6.07) is 5.10. The van der Waals surface area contributed by atoms with E-state index in [9.17, 15) is 10.1 Å². The topological polar surface area (TPSA) is 58.4 Å². The van der Waals surface area contributed by atoms with Crippen LogP contribution in [0.25, 0.3) is 0 Å². The molecule has 1 heterocycles. The Labute approximate surface area is 111 Å². The summed E-state index contributed by atoms with van der Waals surface area (Å²) >= 11 is 5.92. The largest absolute Gasteiger partial charge is 0.314 e. The Morgan fingerprint density at radius 1 is 1.61 bits per heavy atom. The first-order chi connectivity index (χ1) is 8.58. The third-order valence-electron chi connectivity index (χ3n) is 3.25. The summed E-state index contributed by atoms with van der Waals surface area (Å²) in [5, 5.41) is 14.8. The number of nitrogens with zero attached hydrogens (tertiary/aromatic N) is 2. The summed E-state index contributed by atoms with van der Waals surface area (Å²) in [4.78, 5) is 12.9. The number of nitro groups is 1. The highest BCUT2D eigenvalue weighted by atomic mass is 35.5. The maximum atomic E-state index is 11.0. The van der Waals surface area contributed by atoms with Crippen molar-refractivity contribution >= 4 is 17.3 Å². The van der Waals surface area contributed by atoms with Crippen molar-refractivity contribution in [2.75, 3.05) is 19.6 Å². The maximum Gasteiger partial charge on any atom is 0.273 e. The van der Waals surface area contributed by atoms with E-state index in [4.69, 9.17) is 11.6 Å². The van der Waals surface area contributed by atoms with Gasteiger partial charge in [-0.3, -0.25) is 15.0 Å². The molecule has 0 radical (unpaired) electrons. The Hall–Kier alpha value is -1.17. The van der Waals surface area contributed by atoms with Gasteiger partial charge in [0.05, 0.1) is 4.92 Å². The van der Waals surface area contributed by atoms with Crippen LogP contribution < -0.4 is 5.32 Å². The fraction of sp³-hybridized carbons (Fsp3) is 0.500. The van der Waals surface area contributed by atoms with Gasteiger partial charge in [0.25, 0.3) is 5.69 Å². The summed E-state index contributed by atoms with van der Waals surface area (Å²) in [5.74, 6) is 0. The molecule has 18 heavy (non-hydrogen) atoms. The summed E-state index contributed by atoms with van der Waals surface area (Å²) in [6.45, 7) is 5.40. The van der Waals surface area contributed by atoms with Crippen LogP contribution in [0.3, 0.4) is 0 Å². The Morgan fingerprint density at radius 3 is 3.06 bits per heavy atom. The zero-order valence-corrected chi connectivity index (χ0v) is 11.0. The van der Waals surface area contributed by atoms with E-state index >= 15 is 0 Å². The molecular formula is C12H16ClN3O2. The van der Waals surface area contributed by atoms with Crippen LogP contribution in [0.5, 0.6) is 0 Å². The summed E-state index contributed by atoms with van der Waals surface area (Å²) in [7, 11) is 0. The lowest BCUT2D eigenvalue weighted by Crippen LogP contribution is -2.49. The quantitative estimate of drug-likeness (QED) is 0.674. The highest BCUT2D eigenvalue weighted by Crippen LogP contribution is 2.24. The van der Waals surface area contributed by atoms with Crippen molar-refractivity contribution < 1.29 is 4.92 Å². The third kappa shape index (κ3) is 2.98. The monoisotopic (exact) mass is 269 g/mol. The molecule has 0 saturated carbocycles. The second-order valence-electron chi connectivity index (χ2n) is 4.55. The maximum absolute atomic E-state index is 11.0. The van der Waals surface area contributed by atoms with E-state index in [1.54, 1.807) is 12.1 Å². The van der Waals surface area contributed by atoms with E-state index in [0.29, 0.717) is 23.2 Å². The van der Waals surface area contributed by atoms with Crippen LogP contribution >= 0.6 is 11.6 Å². The second-order valence-corrected chi connectivity index (χ2v) is 4.99. The van der Waals surface area contributed by atoms with Gasteiger partial charge in [-0.05, 0) is 19.1 Å². The van der Waals surface area contributed by atoms with Gasteiger partial charge in [-0.2, -0.15) is 0 Å². The van der Waals surface area contributed by atoms with Gasteiger partial charge in [0.2, 0.25) is 0 Å². The molecule has 0 aliphatic carbocycles. The summed E-state index contributed by atoms with van der Waals surface area (Å²) in [6.07, 6.45) is 0. The molecule has 1 aliphatic heterocycles. The van der Waals surface area contributed by atoms with E-state index in [2.05, 4.69) is 17.1 Å². The predicted molar refractivity (Wildman–Crippen MR) is 70.8 cm³/mol. The van der Waals surface area contributed by atoms with E-state index in [1.165, 1.54) is 6.07 Å². The highest BCUT2D eigenvalue weighted by Gasteiger charge is 2.22. The van der Waals surface area contributed by atoms with Crippen molar-refractivity contribution in [3.63, 3.8) is 0 Å². The van der Waals surface area contributed by atoms with Gasteiger partial charge in [-0.1, -0.05) is 11.6 Å². The number of benzene rings is 1. The zero-order valence-electron chi connectivity index (χ0n) is 10.2. The molecule has 1 saturated heterocycles. The SMILES string of the molecule is C[C@@H]1CNCCN1Cc1cc(Cl)ccc1[N+](=O)[O-]. The average Bonchev–Trinajstić information content (AvgIpc) is 2.32. The third-order valence-corrected chi connectivity index (χ3v) is 3.49. The lowest BCUT2D eigenvalue weighted by molar-refractivity contribution is -0.385. The lowest BCUT2D eigenvalue weighted by Gasteiger charge is -2.33. The molecule has 1 N–H and O–H groups in total. The van der Waals surface area contributed by atoms with Crippen LogP contribution in [-0.4, -0.2) is 35.5 Å². The fourth-order valence-electron chi connectivity index (χ4n) is 2.20. The van der Waals surface area contributed by atoms with Gasteiger partial charge in [0.15, 0.2) is 0 Å². The number of halogens is 1. The number of hydrogen-bond donors (Lipinski definition) is 1. The molecule has 0 aromatic heterocycles. The van der Waals surface area contributed by atoms with Crippen molar-refractivity contribution in [2.45, 2.75) is 19.5 Å². The van der Waals surface area contributed by atoms with E-state index in [0.717, 1.165) is 19.6 Å². The Balaban J connectivity index is 2.21. The van der Waals surface area contributed by atoms with Crippen molar-refractivity contribution in [1.29, 1.82) is 0 Å². The number of hydrogen-bond acceptors (Lipinski definition) is 4. The molecule has 98 valence electrons. The van der Waals surface area contributed by atoms with E-state index < -0.39 is 0 Å². The molecule has 5 nitrogen and oxygen atoms in total. The number of nitrogens with one attached hydrogen (secondary N) is 1. The predicted octanol–water partition coefficient (Wildman–Crippen LogP) is 2.04. The van der Waals surface area contributed by atoms with Crippen LogP contribution in [-0.2, 0) is 6.54 Å². The fourth-order valence-corrected chi connectivity index (χ4v) is 2.39. The average molecular weight is 270 g/mol. The standard InChI is InChI=1S/C12H16ClN3O2/c1-9-7-14-4-5-15(9)8-10-6-11(13)2-3-12(10)16(17)18/h2-3,6,9,14H,4-5,7-8H2,1H3/t9-/m1/s1. The van der Waals surface area contributed by atoms with Crippen LogP contribution in [0, 0.1) is 10.1 Å². The number of piperazine rings is 1. The molecule has 0 unspecified atom stereocenters. The van der Waals surface area contributed by atoms with Gasteiger partial charge >= 0.3 is 0 Å². The minimum absolute atomic E-state index is 0.144. The van der Waals surface area contributed by atoms with Crippen molar-refractivity contribution in [3.8, 4) is 0 Å². The molecular weight excluding hydrogens is 254 g/mol. The Kier molecular flexibility index (Phi) is 4.16. The first-order valence-electron chi connectivity index (χ1n) is 5.95. The molecule has 2 rings (SSSR count). The van der Waals surface area contributed by atoms with Gasteiger partial charge < -0.3 is 5.32 Å². The van der Waals surface area contributed by atoms with Crippen molar-refractivity contribution in [1.82, 2.24) is 10.2 Å². The van der Waals surface area contributed by atoms with Crippen LogP contribution in [0.15, 0.2) is 18.2 Å². The van der Waals surface area contributed by atoms with Crippen molar-refractivity contribution in [3.05, 3.63) is 38.9 Å². The lowest BCUT2D eigenvalue weighted by atomic mass is 10.1. The first kappa shape index (κ1) is 13.3. The number of nitro benzene ring substituents is 1. The molecule has 6 heteroatoms. The minimum Gasteiger partial charge on any atom is -0.314 e. The van der Waals surface area contributed by atoms with Crippen LogP contribution in [0.4, 0.5) is 5.69 Å². The molecule has 1 atom stereocenters. The highest BCUT2D eigenvalue weighted by molar-refractivity contribution is 6.30. The molecule has 0 amide bonds. The molecule has 0 bridgehead atoms. The molecule has 1 aliphatic rings. The van der Waals surface area contributed by atoms with Gasteiger partial charge in [-0.25, -0.2) is 0 Å². The molecule has 1 aromatic carbocycles. The van der Waals surface area contributed by atoms with E-state index in [1.807, 2.05) is 0 Å². The molecule has 1 fully saturated rings. The second kappa shape index (κ2) is 5.65. The Morgan fingerprint density at radius 2 is 2.39 bits per heavy atom. The zero-order chi connectivity index (χ0) is 13.1. The summed E-state index contributed by atoms with van der Waals surface area (Å²) in [5.41, 5.74) is 0.825.